The highest BCUT2D eigenvalue weighted by atomic mass is 35.5. The maximum absolute atomic E-state index is 12.8. The number of nitrogens with one attached hydrogen (secondary N) is 1. The number of rotatable bonds is 4. The highest BCUT2D eigenvalue weighted by Crippen LogP contribution is 2.30. The van der Waals surface area contributed by atoms with Crippen molar-refractivity contribution < 1.29 is 9.53 Å². The molecular weight excluding hydrogens is 466 g/mol. The summed E-state index contributed by atoms with van der Waals surface area (Å²) in [6.07, 6.45) is 0. The predicted octanol–water partition coefficient (Wildman–Crippen LogP) is 4.45. The van der Waals surface area contributed by atoms with Gasteiger partial charge in [0.15, 0.2) is 5.82 Å². The number of aromatic nitrogens is 4. The zero-order valence-electron chi connectivity index (χ0n) is 19.8. The van der Waals surface area contributed by atoms with Crippen LogP contribution in [0.1, 0.15) is 11.4 Å². The number of urea groups is 1. The van der Waals surface area contributed by atoms with Gasteiger partial charge < -0.3 is 19.9 Å². The van der Waals surface area contributed by atoms with Gasteiger partial charge in [-0.2, -0.15) is 10.2 Å². The Morgan fingerprint density at radius 1 is 1.03 bits per heavy atom. The Labute approximate surface area is 208 Å². The van der Waals surface area contributed by atoms with Gasteiger partial charge in [0, 0.05) is 43.0 Å². The Morgan fingerprint density at radius 3 is 2.49 bits per heavy atom. The fraction of sp³-hybridized carbons (Fsp3) is 0.280. The Hall–Kier alpha value is -3.85. The Balaban J connectivity index is 1.35. The van der Waals surface area contributed by atoms with Crippen molar-refractivity contribution in [1.82, 2.24) is 24.9 Å². The van der Waals surface area contributed by atoms with Crippen molar-refractivity contribution >= 4 is 40.0 Å². The molecule has 1 fully saturated rings. The van der Waals surface area contributed by atoms with E-state index in [0.29, 0.717) is 42.6 Å². The fourth-order valence-corrected chi connectivity index (χ4v) is 4.51. The highest BCUT2D eigenvalue weighted by molar-refractivity contribution is 6.30. The summed E-state index contributed by atoms with van der Waals surface area (Å²) in [6, 6.07) is 14.8. The van der Waals surface area contributed by atoms with Gasteiger partial charge in [0.25, 0.3) is 0 Å². The molecule has 0 unspecified atom stereocenters. The third-order valence-corrected chi connectivity index (χ3v) is 6.50. The number of hydrogen-bond donors (Lipinski definition) is 1. The second-order valence-corrected chi connectivity index (χ2v) is 8.88. The number of anilines is 2. The van der Waals surface area contributed by atoms with Gasteiger partial charge in [-0.3, -0.25) is 0 Å². The summed E-state index contributed by atoms with van der Waals surface area (Å²) >= 11 is 6.07. The first-order valence-corrected chi connectivity index (χ1v) is 11.8. The van der Waals surface area contributed by atoms with Crippen LogP contribution in [0.4, 0.5) is 16.3 Å². The van der Waals surface area contributed by atoms with E-state index in [1.165, 1.54) is 0 Å². The zero-order chi connectivity index (χ0) is 24.5. The van der Waals surface area contributed by atoms with E-state index in [1.807, 2.05) is 61.0 Å². The van der Waals surface area contributed by atoms with Crippen LogP contribution in [-0.2, 0) is 0 Å². The number of carbonyl (C=O) groups is 1. The van der Waals surface area contributed by atoms with Crippen molar-refractivity contribution in [3.63, 3.8) is 0 Å². The normalized spacial score (nSPS) is 13.8. The van der Waals surface area contributed by atoms with Crippen molar-refractivity contribution in [1.29, 1.82) is 0 Å². The van der Waals surface area contributed by atoms with E-state index in [4.69, 9.17) is 21.4 Å². The molecule has 0 saturated carbocycles. The van der Waals surface area contributed by atoms with Crippen LogP contribution in [0.25, 0.3) is 16.6 Å². The summed E-state index contributed by atoms with van der Waals surface area (Å²) in [4.78, 5) is 16.7. The predicted molar refractivity (Wildman–Crippen MR) is 137 cm³/mol. The third-order valence-electron chi connectivity index (χ3n) is 6.24. The van der Waals surface area contributed by atoms with Crippen LogP contribution in [0.2, 0.25) is 5.02 Å². The van der Waals surface area contributed by atoms with Crippen LogP contribution in [0.3, 0.4) is 0 Å². The van der Waals surface area contributed by atoms with Crippen LogP contribution < -0.4 is 15.0 Å². The van der Waals surface area contributed by atoms with E-state index in [2.05, 4.69) is 20.4 Å². The molecule has 5 rings (SSSR count). The molecule has 10 heteroatoms. The van der Waals surface area contributed by atoms with Crippen LogP contribution in [-0.4, -0.2) is 64.2 Å². The number of nitrogens with zero attached hydrogens (tertiary/aromatic N) is 6. The molecule has 0 atom stereocenters. The average Bonchev–Trinajstić information content (AvgIpc) is 3.23. The van der Waals surface area contributed by atoms with Gasteiger partial charge in [0.1, 0.15) is 11.3 Å². The van der Waals surface area contributed by atoms with Gasteiger partial charge >= 0.3 is 6.03 Å². The van der Waals surface area contributed by atoms with Crippen LogP contribution in [0.5, 0.6) is 5.75 Å². The average molecular weight is 492 g/mol. The zero-order valence-corrected chi connectivity index (χ0v) is 20.6. The standard InChI is InChI=1S/C25H26ClN7O2/c1-16-22-17(2)33(20-9-7-18(26)8-10-20)30-23(22)24(29-28-16)31-11-13-32(14-12-31)25(34)27-19-5-4-6-21(15-19)35-3/h4-10,15H,11-14H2,1-3H3,(H,27,34). The van der Waals surface area contributed by atoms with E-state index in [-0.39, 0.29) is 6.03 Å². The number of hydrogen-bond acceptors (Lipinski definition) is 6. The summed E-state index contributed by atoms with van der Waals surface area (Å²) in [5.41, 5.74) is 4.25. The number of fused-ring (bicyclic) bond motifs is 1. The van der Waals surface area contributed by atoms with Gasteiger partial charge in [-0.1, -0.05) is 17.7 Å². The van der Waals surface area contributed by atoms with Crippen molar-refractivity contribution in [3.05, 3.63) is 64.9 Å². The SMILES string of the molecule is COc1cccc(NC(=O)N2CCN(c3nnc(C)c4c(C)n(-c5ccc(Cl)cc5)nc34)CC2)c1. The van der Waals surface area contributed by atoms with Gasteiger partial charge in [0.05, 0.1) is 29.6 Å². The topological polar surface area (TPSA) is 88.4 Å². The quantitative estimate of drug-likeness (QED) is 0.454. The van der Waals surface area contributed by atoms with Crippen molar-refractivity contribution in [2.75, 3.05) is 43.5 Å². The first-order valence-electron chi connectivity index (χ1n) is 11.4. The lowest BCUT2D eigenvalue weighted by molar-refractivity contribution is 0.208. The molecule has 1 aliphatic heterocycles. The molecule has 1 saturated heterocycles. The smallest absolute Gasteiger partial charge is 0.321 e. The summed E-state index contributed by atoms with van der Waals surface area (Å²) in [5, 5.41) is 18.4. The molecule has 0 aliphatic carbocycles. The van der Waals surface area contributed by atoms with E-state index in [1.54, 1.807) is 18.1 Å². The monoisotopic (exact) mass is 491 g/mol. The summed E-state index contributed by atoms with van der Waals surface area (Å²) in [6.45, 7) is 6.36. The minimum atomic E-state index is -0.138. The number of piperazine rings is 1. The Morgan fingerprint density at radius 2 is 1.77 bits per heavy atom. The van der Waals surface area contributed by atoms with Crippen molar-refractivity contribution in [2.24, 2.45) is 0 Å². The van der Waals surface area contributed by atoms with Crippen LogP contribution >= 0.6 is 11.6 Å². The van der Waals surface area contributed by atoms with Gasteiger partial charge in [0.2, 0.25) is 0 Å². The molecule has 0 radical (unpaired) electrons. The van der Waals surface area contributed by atoms with Gasteiger partial charge in [-0.25, -0.2) is 9.48 Å². The second-order valence-electron chi connectivity index (χ2n) is 8.44. The molecule has 2 amide bonds. The van der Waals surface area contributed by atoms with E-state index in [0.717, 1.165) is 33.8 Å². The van der Waals surface area contributed by atoms with Crippen molar-refractivity contribution in [3.8, 4) is 11.4 Å². The molecule has 9 nitrogen and oxygen atoms in total. The number of methoxy groups -OCH3 is 1. The molecule has 0 spiro atoms. The number of halogens is 1. The molecule has 35 heavy (non-hydrogen) atoms. The molecule has 1 N–H and O–H groups in total. The molecule has 2 aromatic heterocycles. The maximum atomic E-state index is 12.8. The molecule has 2 aromatic carbocycles. The molecular formula is C25H26ClN7O2. The van der Waals surface area contributed by atoms with E-state index >= 15 is 0 Å². The number of aryl methyl sites for hydroxylation is 2. The van der Waals surface area contributed by atoms with E-state index in [9.17, 15) is 4.79 Å². The summed E-state index contributed by atoms with van der Waals surface area (Å²) in [5.74, 6) is 1.43. The molecule has 180 valence electrons. The molecule has 1 aliphatic rings. The highest BCUT2D eigenvalue weighted by Gasteiger charge is 2.26. The number of amides is 2. The lowest BCUT2D eigenvalue weighted by Gasteiger charge is -2.35. The third kappa shape index (κ3) is 4.46. The molecule has 0 bridgehead atoms. The van der Waals surface area contributed by atoms with Gasteiger partial charge in [-0.05, 0) is 50.2 Å². The summed E-state index contributed by atoms with van der Waals surface area (Å²) in [7, 11) is 1.60. The first-order chi connectivity index (χ1) is 16.9. The van der Waals surface area contributed by atoms with E-state index < -0.39 is 0 Å². The minimum Gasteiger partial charge on any atom is -0.497 e. The van der Waals surface area contributed by atoms with Crippen molar-refractivity contribution in [2.45, 2.75) is 13.8 Å². The first kappa shape index (κ1) is 22.9. The largest absolute Gasteiger partial charge is 0.497 e. The van der Waals surface area contributed by atoms with Crippen LogP contribution in [0.15, 0.2) is 48.5 Å². The molecule has 3 heterocycles. The second kappa shape index (κ2) is 9.42. The lowest BCUT2D eigenvalue weighted by Crippen LogP contribution is -2.50. The minimum absolute atomic E-state index is 0.138. The fourth-order valence-electron chi connectivity index (χ4n) is 4.38. The Kier molecular flexibility index (Phi) is 6.17. The number of benzene rings is 2. The number of carbonyl (C=O) groups excluding carboxylic acids is 1. The number of ether oxygens (including phenoxy) is 1. The summed E-state index contributed by atoms with van der Waals surface area (Å²) < 4.78 is 7.14. The molecule has 4 aromatic rings. The maximum Gasteiger partial charge on any atom is 0.321 e. The Bertz CT molecular complexity index is 1380. The lowest BCUT2D eigenvalue weighted by atomic mass is 10.2. The van der Waals surface area contributed by atoms with Crippen LogP contribution in [0, 0.1) is 13.8 Å². The van der Waals surface area contributed by atoms with Gasteiger partial charge in [-0.15, -0.1) is 5.10 Å².